The fourth-order valence-corrected chi connectivity index (χ4v) is 6.23. The quantitative estimate of drug-likeness (QED) is 0.135. The number of para-hydroxylation sites is 1. The molecule has 0 unspecified atom stereocenters. The molecule has 0 radical (unpaired) electrons. The number of fused-ring (bicyclic) bond motifs is 2. The molecule has 1 fully saturated rings. The van der Waals surface area contributed by atoms with Gasteiger partial charge >= 0.3 is 0 Å². The van der Waals surface area contributed by atoms with Crippen LogP contribution >= 0.6 is 0 Å². The lowest BCUT2D eigenvalue weighted by molar-refractivity contribution is 0.102. The van der Waals surface area contributed by atoms with E-state index < -0.39 is 23.4 Å². The molecule has 4 aromatic carbocycles. The molecule has 0 aliphatic carbocycles. The molecule has 1 aliphatic heterocycles. The molecule has 0 saturated carbocycles. The summed E-state index contributed by atoms with van der Waals surface area (Å²) in [7, 11) is 1.54. The van der Waals surface area contributed by atoms with Gasteiger partial charge in [-0.1, -0.05) is 24.6 Å². The molecule has 7 rings (SSSR count). The summed E-state index contributed by atoms with van der Waals surface area (Å²) in [4.78, 5) is 20.5. The number of amides is 1. The van der Waals surface area contributed by atoms with Gasteiger partial charge < -0.3 is 24.4 Å². The molecule has 6 aromatic rings. The van der Waals surface area contributed by atoms with E-state index in [-0.39, 0.29) is 34.0 Å². The van der Waals surface area contributed by atoms with Crippen molar-refractivity contribution < 1.29 is 32.2 Å². The number of pyridine rings is 1. The van der Waals surface area contributed by atoms with E-state index >= 15 is 4.39 Å². The lowest BCUT2D eigenvalue weighted by Gasteiger charge is -2.26. The number of aromatic nitrogens is 3. The van der Waals surface area contributed by atoms with E-state index in [1.807, 2.05) is 0 Å². The van der Waals surface area contributed by atoms with Crippen LogP contribution in [0.4, 0.5) is 18.9 Å². The average Bonchev–Trinajstić information content (AvgIpc) is 3.14. The second-order valence-corrected chi connectivity index (χ2v) is 12.2. The zero-order valence-electron chi connectivity index (χ0n) is 27.8. The van der Waals surface area contributed by atoms with Crippen LogP contribution in [0.3, 0.4) is 0 Å². The van der Waals surface area contributed by atoms with Gasteiger partial charge in [0.25, 0.3) is 5.91 Å². The number of anilines is 1. The van der Waals surface area contributed by atoms with Crippen LogP contribution in [0.1, 0.15) is 36.0 Å². The van der Waals surface area contributed by atoms with Crippen molar-refractivity contribution in [2.75, 3.05) is 38.7 Å². The number of carbonyl (C=O) groups excluding carboxylic acids is 1. The van der Waals surface area contributed by atoms with Gasteiger partial charge in [0, 0.05) is 41.4 Å². The van der Waals surface area contributed by atoms with Crippen molar-refractivity contribution >= 4 is 33.4 Å². The van der Waals surface area contributed by atoms with Gasteiger partial charge in [-0.3, -0.25) is 4.79 Å². The molecular formula is C39H34F3N5O4. The van der Waals surface area contributed by atoms with Crippen LogP contribution in [0.15, 0.2) is 85.1 Å². The summed E-state index contributed by atoms with van der Waals surface area (Å²) in [5.74, 6) is -1.73. The van der Waals surface area contributed by atoms with E-state index in [9.17, 15) is 13.6 Å². The zero-order valence-corrected chi connectivity index (χ0v) is 27.8. The van der Waals surface area contributed by atoms with Crippen LogP contribution in [0.2, 0.25) is 0 Å². The van der Waals surface area contributed by atoms with Gasteiger partial charge in [-0.2, -0.15) is 10.2 Å². The van der Waals surface area contributed by atoms with Gasteiger partial charge in [-0.05, 0) is 74.8 Å². The van der Waals surface area contributed by atoms with E-state index in [1.54, 1.807) is 43.5 Å². The van der Waals surface area contributed by atoms with E-state index in [0.717, 1.165) is 44.3 Å². The number of nitrogens with one attached hydrogen (secondary N) is 1. The van der Waals surface area contributed by atoms with E-state index in [0.29, 0.717) is 39.9 Å². The van der Waals surface area contributed by atoms with Gasteiger partial charge in [-0.25, -0.2) is 18.2 Å². The molecule has 0 bridgehead atoms. The van der Waals surface area contributed by atoms with Crippen molar-refractivity contribution in [3.63, 3.8) is 0 Å². The number of ether oxygens (including phenoxy) is 3. The van der Waals surface area contributed by atoms with Crippen LogP contribution in [0.25, 0.3) is 33.1 Å². The minimum Gasteiger partial charge on any atom is -0.493 e. The molecule has 0 spiro atoms. The SMILES string of the molecule is COc1cc2c(Oc3ccc(NC(=O)c4cc(-c5ccc(F)cc5F)nc5ccccc45)cc3F)cnnc2cc1OCCCN1CCCCC1. The van der Waals surface area contributed by atoms with Crippen LogP contribution < -0.4 is 19.5 Å². The first-order chi connectivity index (χ1) is 24.9. The van der Waals surface area contributed by atoms with Crippen molar-refractivity contribution in [2.45, 2.75) is 25.7 Å². The van der Waals surface area contributed by atoms with Crippen molar-refractivity contribution in [3.05, 3.63) is 108 Å². The molecule has 9 nitrogen and oxygen atoms in total. The highest BCUT2D eigenvalue weighted by atomic mass is 19.1. The van der Waals surface area contributed by atoms with Crippen molar-refractivity contribution in [1.82, 2.24) is 20.1 Å². The van der Waals surface area contributed by atoms with Gasteiger partial charge in [0.2, 0.25) is 0 Å². The zero-order chi connectivity index (χ0) is 35.3. The predicted octanol–water partition coefficient (Wildman–Crippen LogP) is 8.57. The van der Waals surface area contributed by atoms with Crippen molar-refractivity contribution in [3.8, 4) is 34.3 Å². The standard InChI is InChI=1S/C39H34F3N5O4/c1-49-36-21-29-34(22-37(36)50-17-7-16-47-14-5-2-6-15-47)46-43-23-38(29)51-35-13-11-25(19-31(35)42)44-39(48)28-20-33(27-12-10-24(40)18-30(27)41)45-32-9-4-3-8-26(28)32/h3-4,8-13,18-23H,2,5-7,14-17H2,1H3,(H,44,48). The number of likely N-dealkylation sites (tertiary alicyclic amines) is 1. The maximum atomic E-state index is 15.5. The summed E-state index contributed by atoms with van der Waals surface area (Å²) in [6.45, 7) is 3.74. The first-order valence-corrected chi connectivity index (χ1v) is 16.7. The number of methoxy groups -OCH3 is 1. The third kappa shape index (κ3) is 7.56. The Hall–Kier alpha value is -5.75. The van der Waals surface area contributed by atoms with Gasteiger partial charge in [0.15, 0.2) is 28.8 Å². The van der Waals surface area contributed by atoms with Crippen LogP contribution in [-0.2, 0) is 0 Å². The van der Waals surface area contributed by atoms with E-state index in [4.69, 9.17) is 14.2 Å². The average molecular weight is 694 g/mol. The number of rotatable bonds is 11. The van der Waals surface area contributed by atoms with Gasteiger partial charge in [0.05, 0.1) is 42.1 Å². The first-order valence-electron chi connectivity index (χ1n) is 16.7. The lowest BCUT2D eigenvalue weighted by atomic mass is 10.0. The number of halogens is 3. The second-order valence-electron chi connectivity index (χ2n) is 12.2. The van der Waals surface area contributed by atoms with Crippen LogP contribution in [-0.4, -0.2) is 59.3 Å². The topological polar surface area (TPSA) is 98.7 Å². The Morgan fingerprint density at radius 1 is 0.824 bits per heavy atom. The predicted molar refractivity (Wildman–Crippen MR) is 188 cm³/mol. The Balaban J connectivity index is 1.08. The maximum absolute atomic E-state index is 15.5. The molecule has 1 amide bonds. The van der Waals surface area contributed by atoms with Gasteiger partial charge in [0.1, 0.15) is 17.2 Å². The fraction of sp³-hybridized carbons (Fsp3) is 0.231. The summed E-state index contributed by atoms with van der Waals surface area (Å²) in [6, 6.07) is 18.9. The minimum atomic E-state index is -0.815. The Morgan fingerprint density at radius 2 is 1.67 bits per heavy atom. The number of benzene rings is 4. The molecule has 1 N–H and O–H groups in total. The molecule has 1 aliphatic rings. The number of hydrogen-bond donors (Lipinski definition) is 1. The molecule has 2 aromatic heterocycles. The molecule has 260 valence electrons. The summed E-state index contributed by atoms with van der Waals surface area (Å²) in [5.41, 5.74) is 1.42. The molecular weight excluding hydrogens is 659 g/mol. The van der Waals surface area contributed by atoms with E-state index in [1.165, 1.54) is 49.7 Å². The highest BCUT2D eigenvalue weighted by Crippen LogP contribution is 2.38. The number of carbonyl (C=O) groups is 1. The third-order valence-electron chi connectivity index (χ3n) is 8.79. The van der Waals surface area contributed by atoms with Crippen LogP contribution in [0.5, 0.6) is 23.0 Å². The Labute approximate surface area is 292 Å². The Morgan fingerprint density at radius 3 is 2.47 bits per heavy atom. The highest BCUT2D eigenvalue weighted by molar-refractivity contribution is 6.13. The fourth-order valence-electron chi connectivity index (χ4n) is 6.23. The van der Waals surface area contributed by atoms with E-state index in [2.05, 4.69) is 25.4 Å². The van der Waals surface area contributed by atoms with Gasteiger partial charge in [-0.15, -0.1) is 0 Å². The monoisotopic (exact) mass is 693 g/mol. The summed E-state index contributed by atoms with van der Waals surface area (Å²) < 4.78 is 61.3. The number of nitrogens with zero attached hydrogens (tertiary/aromatic N) is 4. The summed E-state index contributed by atoms with van der Waals surface area (Å²) in [6.07, 6.45) is 6.03. The largest absolute Gasteiger partial charge is 0.493 e. The number of piperidine rings is 1. The molecule has 12 heteroatoms. The van der Waals surface area contributed by atoms with Crippen LogP contribution in [0, 0.1) is 17.5 Å². The Bertz CT molecular complexity index is 2230. The highest BCUT2D eigenvalue weighted by Gasteiger charge is 2.19. The minimum absolute atomic E-state index is 0.0338. The number of hydrogen-bond acceptors (Lipinski definition) is 8. The van der Waals surface area contributed by atoms with Crippen molar-refractivity contribution in [1.29, 1.82) is 0 Å². The molecule has 0 atom stereocenters. The third-order valence-corrected chi connectivity index (χ3v) is 8.79. The summed E-state index contributed by atoms with van der Waals surface area (Å²) in [5, 5.41) is 12.0. The summed E-state index contributed by atoms with van der Waals surface area (Å²) >= 11 is 0. The smallest absolute Gasteiger partial charge is 0.256 e. The molecule has 3 heterocycles. The first kappa shape index (κ1) is 33.7. The van der Waals surface area contributed by atoms with Crippen molar-refractivity contribution in [2.24, 2.45) is 0 Å². The molecule has 51 heavy (non-hydrogen) atoms. The maximum Gasteiger partial charge on any atom is 0.256 e. The Kier molecular flexibility index (Phi) is 9.93. The molecule has 1 saturated heterocycles. The second kappa shape index (κ2) is 15.0. The normalized spacial score (nSPS) is 13.3. The lowest BCUT2D eigenvalue weighted by Crippen LogP contribution is -2.31.